The quantitative estimate of drug-likeness (QED) is 0.521. The van der Waals surface area contributed by atoms with Gasteiger partial charge in [0, 0.05) is 30.5 Å². The Morgan fingerprint density at radius 1 is 0.931 bits per heavy atom. The Bertz CT molecular complexity index is 1140. The number of aromatic nitrogens is 3. The van der Waals surface area contributed by atoms with Crippen molar-refractivity contribution >= 4 is 28.4 Å². The number of fused-ring (bicyclic) bond motifs is 1. The van der Waals surface area contributed by atoms with Gasteiger partial charge in [-0.1, -0.05) is 36.4 Å². The molecule has 29 heavy (non-hydrogen) atoms. The van der Waals surface area contributed by atoms with Gasteiger partial charge >= 0.3 is 0 Å². The Morgan fingerprint density at radius 2 is 1.72 bits per heavy atom. The molecule has 4 aromatic rings. The third kappa shape index (κ3) is 4.35. The molecule has 0 radical (unpaired) electrons. The molecule has 144 valence electrons. The Balaban J connectivity index is 1.38. The van der Waals surface area contributed by atoms with E-state index in [1.165, 1.54) is 18.5 Å². The number of amides is 1. The maximum atomic E-state index is 13.6. The lowest BCUT2D eigenvalue weighted by Gasteiger charge is -2.09. The second-order valence-electron chi connectivity index (χ2n) is 6.40. The zero-order chi connectivity index (χ0) is 20.1. The topological polar surface area (TPSA) is 79.8 Å². The Morgan fingerprint density at radius 3 is 2.55 bits per heavy atom. The SMILES string of the molecule is O=C(Nc1cccc2cccnc12)c1cnc(NCCc2ccccc2F)nc1. The minimum absolute atomic E-state index is 0.231. The van der Waals surface area contributed by atoms with Gasteiger partial charge in [0.25, 0.3) is 5.91 Å². The predicted molar refractivity (Wildman–Crippen MR) is 110 cm³/mol. The number of rotatable bonds is 6. The largest absolute Gasteiger partial charge is 0.354 e. The van der Waals surface area contributed by atoms with Crippen molar-refractivity contribution in [3.8, 4) is 0 Å². The highest BCUT2D eigenvalue weighted by molar-refractivity contribution is 6.08. The maximum absolute atomic E-state index is 13.6. The van der Waals surface area contributed by atoms with Crippen molar-refractivity contribution < 1.29 is 9.18 Å². The molecule has 0 fully saturated rings. The molecule has 0 saturated heterocycles. The molecule has 7 heteroatoms. The number of para-hydroxylation sites is 1. The summed E-state index contributed by atoms with van der Waals surface area (Å²) in [6, 6.07) is 16.0. The van der Waals surface area contributed by atoms with Gasteiger partial charge in [-0.15, -0.1) is 0 Å². The molecule has 6 nitrogen and oxygen atoms in total. The number of carbonyl (C=O) groups is 1. The van der Waals surface area contributed by atoms with E-state index in [-0.39, 0.29) is 11.7 Å². The summed E-state index contributed by atoms with van der Waals surface area (Å²) in [5.74, 6) is -0.170. The molecule has 4 rings (SSSR count). The molecule has 0 aliphatic carbocycles. The average molecular weight is 387 g/mol. The summed E-state index contributed by atoms with van der Waals surface area (Å²) in [4.78, 5) is 25.2. The van der Waals surface area contributed by atoms with Crippen LogP contribution in [0.4, 0.5) is 16.0 Å². The highest BCUT2D eigenvalue weighted by Crippen LogP contribution is 2.21. The van der Waals surface area contributed by atoms with Crippen LogP contribution in [0.15, 0.2) is 73.2 Å². The Hall–Kier alpha value is -3.87. The second kappa shape index (κ2) is 8.43. The lowest BCUT2D eigenvalue weighted by Crippen LogP contribution is -2.14. The van der Waals surface area contributed by atoms with Crippen molar-refractivity contribution in [3.63, 3.8) is 0 Å². The number of nitrogens with one attached hydrogen (secondary N) is 2. The second-order valence-corrected chi connectivity index (χ2v) is 6.40. The molecule has 0 aliphatic rings. The predicted octanol–water partition coefficient (Wildman–Crippen LogP) is 4.07. The number of anilines is 2. The van der Waals surface area contributed by atoms with Crippen LogP contribution in [0.2, 0.25) is 0 Å². The van der Waals surface area contributed by atoms with Gasteiger partial charge in [-0.3, -0.25) is 9.78 Å². The summed E-state index contributed by atoms with van der Waals surface area (Å²) in [5, 5.41) is 6.82. The van der Waals surface area contributed by atoms with Crippen molar-refractivity contribution in [2.45, 2.75) is 6.42 Å². The van der Waals surface area contributed by atoms with E-state index in [0.29, 0.717) is 35.7 Å². The van der Waals surface area contributed by atoms with Crippen molar-refractivity contribution in [1.82, 2.24) is 15.0 Å². The van der Waals surface area contributed by atoms with Gasteiger partial charge in [-0.25, -0.2) is 14.4 Å². The molecule has 1 amide bonds. The zero-order valence-electron chi connectivity index (χ0n) is 15.5. The van der Waals surface area contributed by atoms with E-state index < -0.39 is 0 Å². The van der Waals surface area contributed by atoms with Gasteiger partial charge in [0.2, 0.25) is 5.95 Å². The first kappa shape index (κ1) is 18.5. The van der Waals surface area contributed by atoms with Crippen molar-refractivity contribution in [3.05, 3.63) is 90.1 Å². The zero-order valence-corrected chi connectivity index (χ0v) is 15.5. The van der Waals surface area contributed by atoms with Crippen LogP contribution in [0.5, 0.6) is 0 Å². The number of hydrogen-bond donors (Lipinski definition) is 2. The molecule has 0 aliphatic heterocycles. The Labute approximate surface area is 166 Å². The summed E-state index contributed by atoms with van der Waals surface area (Å²) in [6.07, 6.45) is 5.09. The van der Waals surface area contributed by atoms with E-state index in [1.54, 1.807) is 30.5 Å². The van der Waals surface area contributed by atoms with Gasteiger partial charge in [0.1, 0.15) is 5.82 Å². The first-order chi connectivity index (χ1) is 14.2. The number of benzene rings is 2. The van der Waals surface area contributed by atoms with Crippen molar-refractivity contribution in [1.29, 1.82) is 0 Å². The number of nitrogens with zero attached hydrogens (tertiary/aromatic N) is 3. The average Bonchev–Trinajstić information content (AvgIpc) is 2.76. The molecule has 0 unspecified atom stereocenters. The molecular weight excluding hydrogens is 369 g/mol. The van der Waals surface area contributed by atoms with Crippen LogP contribution in [0.25, 0.3) is 10.9 Å². The van der Waals surface area contributed by atoms with E-state index in [2.05, 4.69) is 25.6 Å². The molecular formula is C22H18FN5O. The van der Waals surface area contributed by atoms with Gasteiger partial charge in [0.15, 0.2) is 0 Å². The first-order valence-corrected chi connectivity index (χ1v) is 9.15. The molecule has 0 bridgehead atoms. The van der Waals surface area contributed by atoms with Crippen LogP contribution >= 0.6 is 0 Å². The number of halogens is 1. The van der Waals surface area contributed by atoms with Gasteiger partial charge < -0.3 is 10.6 Å². The normalized spacial score (nSPS) is 10.7. The summed E-state index contributed by atoms with van der Waals surface area (Å²) < 4.78 is 13.6. The smallest absolute Gasteiger partial charge is 0.258 e. The lowest BCUT2D eigenvalue weighted by molar-refractivity contribution is 0.102. The monoisotopic (exact) mass is 387 g/mol. The van der Waals surface area contributed by atoms with Crippen molar-refractivity contribution in [2.75, 3.05) is 17.2 Å². The number of hydrogen-bond acceptors (Lipinski definition) is 5. The highest BCUT2D eigenvalue weighted by Gasteiger charge is 2.10. The fourth-order valence-electron chi connectivity index (χ4n) is 2.95. The maximum Gasteiger partial charge on any atom is 0.258 e. The summed E-state index contributed by atoms with van der Waals surface area (Å²) in [7, 11) is 0. The van der Waals surface area contributed by atoms with E-state index in [1.807, 2.05) is 24.3 Å². The number of pyridine rings is 1. The van der Waals surface area contributed by atoms with Crippen LogP contribution in [0.3, 0.4) is 0 Å². The molecule has 2 N–H and O–H groups in total. The molecule has 2 heterocycles. The van der Waals surface area contributed by atoms with E-state index in [4.69, 9.17) is 0 Å². The van der Waals surface area contributed by atoms with E-state index >= 15 is 0 Å². The lowest BCUT2D eigenvalue weighted by atomic mass is 10.1. The number of carbonyl (C=O) groups excluding carboxylic acids is 1. The minimum atomic E-state index is -0.318. The fourth-order valence-corrected chi connectivity index (χ4v) is 2.95. The fraction of sp³-hybridized carbons (Fsp3) is 0.0909. The summed E-state index contributed by atoms with van der Waals surface area (Å²) >= 11 is 0. The highest BCUT2D eigenvalue weighted by atomic mass is 19.1. The van der Waals surface area contributed by atoms with Gasteiger partial charge in [-0.05, 0) is 30.2 Å². The van der Waals surface area contributed by atoms with Crippen LogP contribution in [0.1, 0.15) is 15.9 Å². The van der Waals surface area contributed by atoms with E-state index in [0.717, 1.165) is 10.9 Å². The first-order valence-electron chi connectivity index (χ1n) is 9.15. The van der Waals surface area contributed by atoms with Crippen LogP contribution in [0, 0.1) is 5.82 Å². The summed E-state index contributed by atoms with van der Waals surface area (Å²) in [5.41, 5.74) is 2.30. The molecule has 2 aromatic carbocycles. The molecule has 2 aromatic heterocycles. The van der Waals surface area contributed by atoms with Crippen molar-refractivity contribution in [2.24, 2.45) is 0 Å². The van der Waals surface area contributed by atoms with Crippen LogP contribution < -0.4 is 10.6 Å². The molecule has 0 atom stereocenters. The van der Waals surface area contributed by atoms with Gasteiger partial charge in [0.05, 0.1) is 16.8 Å². The molecule has 0 spiro atoms. The molecule has 0 saturated carbocycles. The minimum Gasteiger partial charge on any atom is -0.354 e. The van der Waals surface area contributed by atoms with Crippen LogP contribution in [-0.2, 0) is 6.42 Å². The summed E-state index contributed by atoms with van der Waals surface area (Å²) in [6.45, 7) is 0.480. The third-order valence-electron chi connectivity index (χ3n) is 4.43. The standard InChI is InChI=1S/C22H18FN5O/c23-18-8-2-1-5-15(18)10-12-25-22-26-13-17(14-27-22)21(29)28-19-9-3-6-16-7-4-11-24-20(16)19/h1-9,11,13-14H,10,12H2,(H,28,29)(H,25,26,27). The Kier molecular flexibility index (Phi) is 5.38. The van der Waals surface area contributed by atoms with E-state index in [9.17, 15) is 9.18 Å². The van der Waals surface area contributed by atoms with Crippen LogP contribution in [-0.4, -0.2) is 27.4 Å². The third-order valence-corrected chi connectivity index (χ3v) is 4.43. The van der Waals surface area contributed by atoms with Gasteiger partial charge in [-0.2, -0.15) is 0 Å².